The molecule has 1 N–H and O–H groups in total. The van der Waals surface area contributed by atoms with Crippen molar-refractivity contribution in [2.24, 2.45) is 0 Å². The van der Waals surface area contributed by atoms with Crippen molar-refractivity contribution in [2.45, 2.75) is 49.2 Å². The summed E-state index contributed by atoms with van der Waals surface area (Å²) in [6.45, 7) is 6.54. The van der Waals surface area contributed by atoms with E-state index >= 15 is 0 Å². The third kappa shape index (κ3) is 7.05. The van der Waals surface area contributed by atoms with Gasteiger partial charge in [-0.1, -0.05) is 36.9 Å². The minimum atomic E-state index is -0.931. The van der Waals surface area contributed by atoms with Gasteiger partial charge in [0.05, 0.1) is 17.9 Å². The summed E-state index contributed by atoms with van der Waals surface area (Å²) in [6, 6.07) is 9.78. The van der Waals surface area contributed by atoms with Gasteiger partial charge in [-0.3, -0.25) is 4.79 Å². The number of carbonyl (C=O) groups is 1. The molecule has 36 heavy (non-hydrogen) atoms. The maximum absolute atomic E-state index is 11.4. The van der Waals surface area contributed by atoms with Crippen LogP contribution in [0.2, 0.25) is 0 Å². The first-order chi connectivity index (χ1) is 16.8. The molecule has 4 rings (SSSR count). The minimum absolute atomic E-state index is 0. The molecule has 4 aromatic rings. The minimum Gasteiger partial charge on any atom is -0.480 e. The van der Waals surface area contributed by atoms with E-state index in [1.165, 1.54) is 23.1 Å². The zero-order valence-electron chi connectivity index (χ0n) is 20.2. The molecule has 0 saturated heterocycles. The van der Waals surface area contributed by atoms with Gasteiger partial charge in [-0.2, -0.15) is 0 Å². The fourth-order valence-corrected chi connectivity index (χ4v) is 5.42. The number of halogens is 1. The van der Waals surface area contributed by atoms with Gasteiger partial charge in [0.1, 0.15) is 11.0 Å². The van der Waals surface area contributed by atoms with Crippen molar-refractivity contribution < 1.29 is 14.3 Å². The molecular weight excluding hydrogens is 518 g/mol. The molecule has 11 heteroatoms. The number of aryl methyl sites for hydroxylation is 1. The maximum atomic E-state index is 11.4. The number of benzene rings is 1. The second-order valence-electron chi connectivity index (χ2n) is 8.45. The Morgan fingerprint density at radius 3 is 2.53 bits per heavy atom. The molecule has 190 valence electrons. The van der Waals surface area contributed by atoms with Crippen molar-refractivity contribution in [3.8, 4) is 11.5 Å². The Labute approximate surface area is 224 Å². The Bertz CT molecular complexity index is 1260. The lowest BCUT2D eigenvalue weighted by Crippen LogP contribution is -2.27. The van der Waals surface area contributed by atoms with Gasteiger partial charge >= 0.3 is 5.97 Å². The molecule has 0 aliphatic carbocycles. The lowest BCUT2D eigenvalue weighted by Gasteiger charge is -2.21. The average Bonchev–Trinajstić information content (AvgIpc) is 3.51. The maximum Gasteiger partial charge on any atom is 0.319 e. The molecule has 0 aliphatic rings. The van der Waals surface area contributed by atoms with E-state index in [2.05, 4.69) is 31.8 Å². The van der Waals surface area contributed by atoms with E-state index in [0.29, 0.717) is 31.3 Å². The van der Waals surface area contributed by atoms with Crippen molar-refractivity contribution in [2.75, 3.05) is 11.4 Å². The van der Waals surface area contributed by atoms with Crippen LogP contribution < -0.4 is 4.90 Å². The highest BCUT2D eigenvalue weighted by atomic mass is 35.5. The van der Waals surface area contributed by atoms with E-state index in [-0.39, 0.29) is 12.4 Å². The molecule has 8 nitrogen and oxygen atoms in total. The number of hydrogen-bond acceptors (Lipinski definition) is 9. The van der Waals surface area contributed by atoms with Crippen molar-refractivity contribution in [1.82, 2.24) is 19.9 Å². The summed E-state index contributed by atoms with van der Waals surface area (Å²) in [5, 5.41) is 11.4. The molecule has 3 aromatic heterocycles. The van der Waals surface area contributed by atoms with Crippen LogP contribution in [0.25, 0.3) is 11.5 Å². The molecule has 0 amide bonds. The molecule has 0 fully saturated rings. The molecule has 3 heterocycles. The number of carboxylic acid groups (broad SMARTS) is 1. The number of aromatic nitrogens is 4. The third-order valence-corrected chi connectivity index (χ3v) is 7.51. The largest absolute Gasteiger partial charge is 0.480 e. The normalized spacial score (nSPS) is 11.2. The Hall–Kier alpha value is -2.95. The summed E-state index contributed by atoms with van der Waals surface area (Å²) in [5.41, 5.74) is 3.68. The number of thioether (sulfide) groups is 1. The van der Waals surface area contributed by atoms with Gasteiger partial charge in [-0.05, 0) is 38.0 Å². The van der Waals surface area contributed by atoms with Gasteiger partial charge < -0.3 is 14.4 Å². The predicted molar refractivity (Wildman–Crippen MR) is 145 cm³/mol. The van der Waals surface area contributed by atoms with Crippen molar-refractivity contribution >= 4 is 47.4 Å². The zero-order chi connectivity index (χ0) is 24.8. The smallest absolute Gasteiger partial charge is 0.319 e. The van der Waals surface area contributed by atoms with Crippen LogP contribution in [-0.4, -0.2) is 42.3 Å². The van der Waals surface area contributed by atoms with Crippen LogP contribution in [0.5, 0.6) is 0 Å². The predicted octanol–water partition coefficient (Wildman–Crippen LogP) is 5.78. The third-order valence-electron chi connectivity index (χ3n) is 5.33. The number of carboxylic acids is 1. The summed E-state index contributed by atoms with van der Waals surface area (Å²) in [5.74, 6) is 0.328. The number of aliphatic carboxylic acids is 1. The SMILES string of the molecule is CCc1cnc(N(CCc2csc(SC(C)(C)C(=O)O)n2)Cc2coc(-c3ccccc3)n2)nc1.Cl. The molecule has 0 unspecified atom stereocenters. The quantitative estimate of drug-likeness (QED) is 0.235. The van der Waals surface area contributed by atoms with Crippen LogP contribution in [0.15, 0.2) is 63.1 Å². The topological polar surface area (TPSA) is 105 Å². The van der Waals surface area contributed by atoms with E-state index in [0.717, 1.165) is 33.3 Å². The molecule has 0 atom stereocenters. The summed E-state index contributed by atoms with van der Waals surface area (Å²) in [6.07, 6.45) is 6.89. The van der Waals surface area contributed by atoms with Crippen LogP contribution in [0.3, 0.4) is 0 Å². The summed E-state index contributed by atoms with van der Waals surface area (Å²) in [7, 11) is 0. The van der Waals surface area contributed by atoms with Gasteiger partial charge in [0.2, 0.25) is 11.8 Å². The van der Waals surface area contributed by atoms with Crippen molar-refractivity contribution in [3.05, 3.63) is 71.3 Å². The summed E-state index contributed by atoms with van der Waals surface area (Å²) in [4.78, 5) is 31.9. The number of nitrogens with zero attached hydrogens (tertiary/aromatic N) is 5. The van der Waals surface area contributed by atoms with Crippen LogP contribution in [0.4, 0.5) is 5.95 Å². The van der Waals surface area contributed by atoms with Gasteiger partial charge in [0, 0.05) is 36.3 Å². The highest BCUT2D eigenvalue weighted by Gasteiger charge is 2.29. The van der Waals surface area contributed by atoms with Crippen LogP contribution in [0.1, 0.15) is 37.7 Å². The first-order valence-corrected chi connectivity index (χ1v) is 13.0. The van der Waals surface area contributed by atoms with Crippen molar-refractivity contribution in [1.29, 1.82) is 0 Å². The zero-order valence-corrected chi connectivity index (χ0v) is 22.7. The molecule has 0 radical (unpaired) electrons. The number of thiazole rings is 1. The van der Waals surface area contributed by atoms with E-state index in [9.17, 15) is 9.90 Å². The Kier molecular flexibility index (Phi) is 9.47. The standard InChI is InChI=1S/C25H27N5O3S2.ClH/c1-4-17-12-26-23(27-13-17)30(14-20-15-33-21(28-20)18-8-6-5-7-9-18)11-10-19-16-34-24(29-19)35-25(2,3)22(31)32;/h5-9,12-13,15-16H,4,10-11,14H2,1-3H3,(H,31,32);1H. The second-order valence-corrected chi connectivity index (χ2v) is 11.2. The van der Waals surface area contributed by atoms with Crippen molar-refractivity contribution in [3.63, 3.8) is 0 Å². The monoisotopic (exact) mass is 545 g/mol. The van der Waals surface area contributed by atoms with Crippen LogP contribution in [-0.2, 0) is 24.2 Å². The Balaban J connectivity index is 0.00000361. The molecule has 0 bridgehead atoms. The molecular formula is C25H28ClN5O3S2. The first kappa shape index (κ1) is 27.6. The van der Waals surface area contributed by atoms with E-state index < -0.39 is 10.7 Å². The number of oxazole rings is 1. The molecule has 1 aromatic carbocycles. The van der Waals surface area contributed by atoms with E-state index in [1.54, 1.807) is 20.1 Å². The Morgan fingerprint density at radius 1 is 1.14 bits per heavy atom. The first-order valence-electron chi connectivity index (χ1n) is 11.3. The number of hydrogen-bond donors (Lipinski definition) is 1. The van der Waals surface area contributed by atoms with Gasteiger partial charge in [-0.25, -0.2) is 19.9 Å². The highest BCUT2D eigenvalue weighted by molar-refractivity contribution is 8.03. The Morgan fingerprint density at radius 2 is 1.86 bits per heavy atom. The summed E-state index contributed by atoms with van der Waals surface area (Å²) >= 11 is 2.72. The van der Waals surface area contributed by atoms with E-state index in [1.807, 2.05) is 48.1 Å². The van der Waals surface area contributed by atoms with Gasteiger partial charge in [0.25, 0.3) is 0 Å². The number of anilines is 1. The van der Waals surface area contributed by atoms with Gasteiger partial charge in [-0.15, -0.1) is 23.7 Å². The average molecular weight is 546 g/mol. The molecule has 0 aliphatic heterocycles. The van der Waals surface area contributed by atoms with Gasteiger partial charge in [0.15, 0.2) is 4.34 Å². The van der Waals surface area contributed by atoms with Crippen LogP contribution >= 0.6 is 35.5 Å². The lowest BCUT2D eigenvalue weighted by atomic mass is 10.2. The van der Waals surface area contributed by atoms with Crippen LogP contribution in [0, 0.1) is 0 Å². The number of rotatable bonds is 11. The summed E-state index contributed by atoms with van der Waals surface area (Å²) < 4.78 is 5.53. The fraction of sp³-hybridized carbons (Fsp3) is 0.320. The highest BCUT2D eigenvalue weighted by Crippen LogP contribution is 2.34. The molecule has 0 saturated carbocycles. The molecule has 0 spiro atoms. The fourth-order valence-electron chi connectivity index (χ4n) is 3.19. The second kappa shape index (κ2) is 12.3. The van der Waals surface area contributed by atoms with E-state index in [4.69, 9.17) is 4.42 Å². The lowest BCUT2D eigenvalue weighted by molar-refractivity contribution is -0.138.